The zero-order valence-electron chi connectivity index (χ0n) is 17.8. The molecule has 0 aliphatic heterocycles. The lowest BCUT2D eigenvalue weighted by atomic mass is 10.1. The number of carbonyl (C=O) groups is 1. The summed E-state index contributed by atoms with van der Waals surface area (Å²) >= 11 is 0. The molecule has 0 saturated heterocycles. The summed E-state index contributed by atoms with van der Waals surface area (Å²) in [5, 5.41) is 4.03. The molecule has 0 aliphatic carbocycles. The van der Waals surface area contributed by atoms with Crippen molar-refractivity contribution in [3.8, 4) is 17.1 Å². The van der Waals surface area contributed by atoms with Crippen molar-refractivity contribution in [3.05, 3.63) is 64.5 Å². The number of rotatable bonds is 6. The van der Waals surface area contributed by atoms with Crippen molar-refractivity contribution in [3.63, 3.8) is 0 Å². The second kappa shape index (κ2) is 8.47. The van der Waals surface area contributed by atoms with Gasteiger partial charge in [-0.25, -0.2) is 0 Å². The van der Waals surface area contributed by atoms with Gasteiger partial charge in [0.1, 0.15) is 5.75 Å². The molecule has 0 unspecified atom stereocenters. The van der Waals surface area contributed by atoms with Gasteiger partial charge in [-0.1, -0.05) is 35.0 Å². The van der Waals surface area contributed by atoms with E-state index in [9.17, 15) is 4.79 Å². The van der Waals surface area contributed by atoms with Gasteiger partial charge >= 0.3 is 0 Å². The first kappa shape index (κ1) is 20.6. The van der Waals surface area contributed by atoms with Crippen molar-refractivity contribution in [1.82, 2.24) is 15.0 Å². The molecular formula is C23H27N3O3. The molecule has 0 saturated carbocycles. The highest BCUT2D eigenvalue weighted by Crippen LogP contribution is 2.25. The fraction of sp³-hybridized carbons (Fsp3) is 0.348. The molecular weight excluding hydrogens is 366 g/mol. The van der Waals surface area contributed by atoms with Crippen LogP contribution in [0.4, 0.5) is 0 Å². The summed E-state index contributed by atoms with van der Waals surface area (Å²) in [6, 6.07) is 11.9. The molecule has 0 N–H and O–H groups in total. The molecule has 6 heteroatoms. The molecule has 1 amide bonds. The van der Waals surface area contributed by atoms with Crippen LogP contribution in [-0.2, 0) is 11.3 Å². The number of hydrogen-bond acceptors (Lipinski definition) is 5. The van der Waals surface area contributed by atoms with E-state index in [0.29, 0.717) is 11.7 Å². The monoisotopic (exact) mass is 393 g/mol. The lowest BCUT2D eigenvalue weighted by molar-refractivity contribution is -0.137. The fourth-order valence-corrected chi connectivity index (χ4v) is 3.18. The molecule has 3 aromatic rings. The first-order chi connectivity index (χ1) is 13.7. The summed E-state index contributed by atoms with van der Waals surface area (Å²) in [5.41, 5.74) is 5.29. The van der Waals surface area contributed by atoms with Crippen LogP contribution in [0.25, 0.3) is 11.4 Å². The van der Waals surface area contributed by atoms with Crippen LogP contribution in [0.2, 0.25) is 0 Å². The standard InChI is InChI=1S/C23H27N3O3/c1-14-8-7-9-19(11-14)22-24-21(29-25-22)13-26(6)23(27)18(5)28-20-12-15(2)10-16(3)17(20)4/h7-12,18H,13H2,1-6H3/t18-/m0/s1. The lowest BCUT2D eigenvalue weighted by Gasteiger charge is -2.22. The summed E-state index contributed by atoms with van der Waals surface area (Å²) < 4.78 is 11.3. The van der Waals surface area contributed by atoms with Gasteiger partial charge in [0.05, 0.1) is 6.54 Å². The van der Waals surface area contributed by atoms with Crippen LogP contribution in [0.5, 0.6) is 5.75 Å². The van der Waals surface area contributed by atoms with Gasteiger partial charge in [0, 0.05) is 12.6 Å². The predicted molar refractivity (Wildman–Crippen MR) is 112 cm³/mol. The molecule has 0 aliphatic rings. The average molecular weight is 393 g/mol. The number of ether oxygens (including phenoxy) is 1. The van der Waals surface area contributed by atoms with Gasteiger partial charge in [0.25, 0.3) is 5.91 Å². The minimum atomic E-state index is -0.626. The van der Waals surface area contributed by atoms with E-state index in [1.165, 1.54) is 4.90 Å². The second-order valence-corrected chi connectivity index (χ2v) is 7.54. The number of nitrogens with zero attached hydrogens (tertiary/aromatic N) is 3. The maximum atomic E-state index is 12.8. The Bertz CT molecular complexity index is 1030. The zero-order chi connectivity index (χ0) is 21.1. The second-order valence-electron chi connectivity index (χ2n) is 7.54. The first-order valence-electron chi connectivity index (χ1n) is 9.63. The van der Waals surface area contributed by atoms with E-state index in [0.717, 1.165) is 33.6 Å². The molecule has 0 bridgehead atoms. The summed E-state index contributed by atoms with van der Waals surface area (Å²) in [6.07, 6.45) is -0.626. The van der Waals surface area contributed by atoms with Gasteiger partial charge in [-0.3, -0.25) is 4.79 Å². The number of likely N-dealkylation sites (N-methyl/N-ethyl adjacent to an activating group) is 1. The molecule has 6 nitrogen and oxygen atoms in total. The molecule has 152 valence electrons. The third-order valence-electron chi connectivity index (χ3n) is 4.91. The molecule has 1 atom stereocenters. The highest BCUT2D eigenvalue weighted by molar-refractivity contribution is 5.80. The number of benzene rings is 2. The third kappa shape index (κ3) is 4.83. The zero-order valence-corrected chi connectivity index (χ0v) is 17.8. The molecule has 1 heterocycles. The van der Waals surface area contributed by atoms with E-state index in [1.54, 1.807) is 14.0 Å². The minimum Gasteiger partial charge on any atom is -0.481 e. The minimum absolute atomic E-state index is 0.154. The van der Waals surface area contributed by atoms with E-state index in [-0.39, 0.29) is 12.5 Å². The Morgan fingerprint density at radius 2 is 1.90 bits per heavy atom. The van der Waals surface area contributed by atoms with Gasteiger partial charge in [-0.15, -0.1) is 0 Å². The van der Waals surface area contributed by atoms with Crippen LogP contribution in [0.1, 0.15) is 35.1 Å². The number of amides is 1. The van der Waals surface area contributed by atoms with Gasteiger partial charge in [-0.05, 0) is 63.4 Å². The largest absolute Gasteiger partial charge is 0.481 e. The van der Waals surface area contributed by atoms with Crippen LogP contribution in [0.15, 0.2) is 40.9 Å². The summed E-state index contributed by atoms with van der Waals surface area (Å²) in [5.74, 6) is 1.47. The van der Waals surface area contributed by atoms with Crippen molar-refractivity contribution in [1.29, 1.82) is 0 Å². The van der Waals surface area contributed by atoms with E-state index in [4.69, 9.17) is 9.26 Å². The topological polar surface area (TPSA) is 68.5 Å². The maximum absolute atomic E-state index is 12.8. The van der Waals surface area contributed by atoms with Crippen LogP contribution in [0.3, 0.4) is 0 Å². The van der Waals surface area contributed by atoms with Crippen molar-refractivity contribution in [2.45, 2.75) is 47.3 Å². The number of aromatic nitrogens is 2. The average Bonchev–Trinajstić information content (AvgIpc) is 3.13. The molecule has 3 rings (SSSR count). The Balaban J connectivity index is 1.66. The molecule has 2 aromatic carbocycles. The molecule has 0 fully saturated rings. The van der Waals surface area contributed by atoms with Gasteiger partial charge in [-0.2, -0.15) is 4.98 Å². The summed E-state index contributed by atoms with van der Waals surface area (Å²) in [6.45, 7) is 10.0. The van der Waals surface area contributed by atoms with Crippen LogP contribution in [-0.4, -0.2) is 34.1 Å². The summed E-state index contributed by atoms with van der Waals surface area (Å²) in [7, 11) is 1.70. The molecule has 0 radical (unpaired) electrons. The fourth-order valence-electron chi connectivity index (χ4n) is 3.18. The predicted octanol–water partition coefficient (Wildman–Crippen LogP) is 4.40. The van der Waals surface area contributed by atoms with Crippen molar-refractivity contribution in [2.75, 3.05) is 7.05 Å². The molecule has 29 heavy (non-hydrogen) atoms. The number of aryl methyl sites for hydroxylation is 3. The number of hydrogen-bond donors (Lipinski definition) is 0. The smallest absolute Gasteiger partial charge is 0.263 e. The van der Waals surface area contributed by atoms with E-state index < -0.39 is 6.10 Å². The molecule has 0 spiro atoms. The normalized spacial score (nSPS) is 11.9. The lowest BCUT2D eigenvalue weighted by Crippen LogP contribution is -2.37. The Kier molecular flexibility index (Phi) is 6.01. The van der Waals surface area contributed by atoms with Gasteiger partial charge in [0.2, 0.25) is 11.7 Å². The van der Waals surface area contributed by atoms with Crippen molar-refractivity contribution >= 4 is 5.91 Å². The first-order valence-corrected chi connectivity index (χ1v) is 9.63. The Morgan fingerprint density at radius 3 is 2.62 bits per heavy atom. The van der Waals surface area contributed by atoms with Crippen LogP contribution < -0.4 is 4.74 Å². The quantitative estimate of drug-likeness (QED) is 0.621. The van der Waals surface area contributed by atoms with E-state index in [2.05, 4.69) is 16.2 Å². The SMILES string of the molecule is Cc1cccc(-c2noc(CN(C)C(=O)[C@H](C)Oc3cc(C)cc(C)c3C)n2)c1. The van der Waals surface area contributed by atoms with Crippen LogP contribution in [0, 0.1) is 27.7 Å². The van der Waals surface area contributed by atoms with E-state index in [1.807, 2.05) is 58.0 Å². The third-order valence-corrected chi connectivity index (χ3v) is 4.91. The highest BCUT2D eigenvalue weighted by Gasteiger charge is 2.22. The van der Waals surface area contributed by atoms with Gasteiger partial charge in [0.15, 0.2) is 6.10 Å². The van der Waals surface area contributed by atoms with Crippen molar-refractivity contribution < 1.29 is 14.1 Å². The highest BCUT2D eigenvalue weighted by atomic mass is 16.5. The van der Waals surface area contributed by atoms with Crippen molar-refractivity contribution in [2.24, 2.45) is 0 Å². The Labute approximate surface area is 171 Å². The van der Waals surface area contributed by atoms with Crippen LogP contribution >= 0.6 is 0 Å². The molecule has 1 aromatic heterocycles. The summed E-state index contributed by atoms with van der Waals surface area (Å²) in [4.78, 5) is 18.7. The maximum Gasteiger partial charge on any atom is 0.263 e. The van der Waals surface area contributed by atoms with Gasteiger partial charge < -0.3 is 14.2 Å². The van der Waals surface area contributed by atoms with E-state index >= 15 is 0 Å². The Morgan fingerprint density at radius 1 is 1.14 bits per heavy atom. The number of carbonyl (C=O) groups excluding carboxylic acids is 1. The Hall–Kier alpha value is -3.15.